The van der Waals surface area contributed by atoms with Crippen molar-refractivity contribution in [3.05, 3.63) is 52.2 Å². The van der Waals surface area contributed by atoms with Crippen LogP contribution in [0.5, 0.6) is 5.75 Å². The number of thiophene rings is 1. The van der Waals surface area contributed by atoms with Gasteiger partial charge in [-0.15, -0.1) is 11.3 Å². The van der Waals surface area contributed by atoms with Crippen LogP contribution in [0.1, 0.15) is 23.3 Å². The van der Waals surface area contributed by atoms with Gasteiger partial charge in [0, 0.05) is 18.0 Å². The number of ether oxygens (including phenoxy) is 1. The second-order valence-corrected chi connectivity index (χ2v) is 7.98. The third-order valence-electron chi connectivity index (χ3n) is 5.03. The third-order valence-corrected chi connectivity index (χ3v) is 5.91. The number of carbonyl (C=O) groups excluding carboxylic acids is 1. The Morgan fingerprint density at radius 1 is 1.27 bits per heavy atom. The molecule has 26 heavy (non-hydrogen) atoms. The number of carbonyl (C=O) groups is 1. The molecular weight excluding hydrogens is 344 g/mol. The van der Waals surface area contributed by atoms with Gasteiger partial charge in [-0.2, -0.15) is 0 Å². The largest absolute Gasteiger partial charge is 0.497 e. The summed E-state index contributed by atoms with van der Waals surface area (Å²) in [6, 6.07) is 12.4. The van der Waals surface area contributed by atoms with E-state index in [1.54, 1.807) is 18.4 Å². The van der Waals surface area contributed by atoms with E-state index in [2.05, 4.69) is 28.4 Å². The smallest absolute Gasteiger partial charge is 0.225 e. The highest BCUT2D eigenvalue weighted by atomic mass is 32.1. The van der Waals surface area contributed by atoms with Gasteiger partial charge in [0.15, 0.2) is 0 Å². The quantitative estimate of drug-likeness (QED) is 0.772. The highest BCUT2D eigenvalue weighted by Crippen LogP contribution is 2.23. The van der Waals surface area contributed by atoms with E-state index < -0.39 is 0 Å². The van der Waals surface area contributed by atoms with Gasteiger partial charge < -0.3 is 15.0 Å². The van der Waals surface area contributed by atoms with Gasteiger partial charge in [0.1, 0.15) is 5.75 Å². The number of hydrogen-bond donors (Lipinski definition) is 1. The number of nitrogens with zero attached hydrogens (tertiary/aromatic N) is 1. The van der Waals surface area contributed by atoms with Crippen molar-refractivity contribution in [1.29, 1.82) is 0 Å². The van der Waals surface area contributed by atoms with Crippen LogP contribution < -0.4 is 10.1 Å². The zero-order valence-corrected chi connectivity index (χ0v) is 16.3. The molecule has 0 saturated carbocycles. The Hall–Kier alpha value is -1.85. The molecule has 4 nitrogen and oxygen atoms in total. The van der Waals surface area contributed by atoms with Gasteiger partial charge in [-0.3, -0.25) is 4.79 Å². The lowest BCUT2D eigenvalue weighted by Gasteiger charge is -2.32. The average Bonchev–Trinajstić information content (AvgIpc) is 3.16. The van der Waals surface area contributed by atoms with Crippen LogP contribution in [0.2, 0.25) is 0 Å². The summed E-state index contributed by atoms with van der Waals surface area (Å²) in [5, 5.41) is 5.06. The summed E-state index contributed by atoms with van der Waals surface area (Å²) in [6.45, 7) is 3.93. The summed E-state index contributed by atoms with van der Waals surface area (Å²) >= 11 is 1.64. The van der Waals surface area contributed by atoms with Gasteiger partial charge in [0.2, 0.25) is 5.91 Å². The number of amides is 1. The van der Waals surface area contributed by atoms with Crippen LogP contribution >= 0.6 is 11.3 Å². The van der Waals surface area contributed by atoms with Crippen molar-refractivity contribution in [2.24, 2.45) is 5.92 Å². The molecule has 1 amide bonds. The molecule has 2 aromatic rings. The van der Waals surface area contributed by atoms with Crippen molar-refractivity contribution < 1.29 is 9.53 Å². The topological polar surface area (TPSA) is 41.6 Å². The molecule has 1 aromatic heterocycles. The first kappa shape index (κ1) is 18.9. The Bertz CT molecular complexity index is 679. The van der Waals surface area contributed by atoms with Gasteiger partial charge in [-0.05, 0) is 67.4 Å². The predicted molar refractivity (Wildman–Crippen MR) is 107 cm³/mol. The Morgan fingerprint density at radius 3 is 2.85 bits per heavy atom. The van der Waals surface area contributed by atoms with E-state index in [4.69, 9.17) is 4.74 Å². The van der Waals surface area contributed by atoms with Crippen LogP contribution in [0.4, 0.5) is 0 Å². The lowest BCUT2D eigenvalue weighted by Crippen LogP contribution is -2.40. The molecule has 1 aliphatic rings. The number of nitrogens with one attached hydrogen (secondary N) is 1. The molecule has 1 fully saturated rings. The molecule has 0 spiro atoms. The molecule has 140 valence electrons. The second kappa shape index (κ2) is 9.74. The van der Waals surface area contributed by atoms with E-state index in [1.165, 1.54) is 18.4 Å². The monoisotopic (exact) mass is 372 g/mol. The molecule has 1 aliphatic heterocycles. The maximum absolute atomic E-state index is 11.9. The Balaban J connectivity index is 1.32. The molecule has 0 radical (unpaired) electrons. The lowest BCUT2D eigenvalue weighted by molar-refractivity contribution is -0.120. The molecule has 0 atom stereocenters. The number of hydrogen-bond acceptors (Lipinski definition) is 4. The van der Waals surface area contributed by atoms with Crippen molar-refractivity contribution in [3.63, 3.8) is 0 Å². The number of piperidine rings is 1. The second-order valence-electron chi connectivity index (χ2n) is 6.95. The summed E-state index contributed by atoms with van der Waals surface area (Å²) in [5.41, 5.74) is 1.36. The normalized spacial score (nSPS) is 15.7. The molecule has 1 saturated heterocycles. The molecule has 1 aromatic carbocycles. The Labute approximate surface area is 160 Å². The van der Waals surface area contributed by atoms with Gasteiger partial charge in [0.05, 0.1) is 13.5 Å². The minimum atomic E-state index is 0.125. The number of benzene rings is 1. The number of methoxy groups -OCH3 is 1. The van der Waals surface area contributed by atoms with E-state index in [9.17, 15) is 4.79 Å². The Morgan fingerprint density at radius 2 is 2.12 bits per heavy atom. The number of likely N-dealkylation sites (tertiary alicyclic amines) is 1. The fraction of sp³-hybridized carbons (Fsp3) is 0.476. The maximum atomic E-state index is 11.9. The minimum Gasteiger partial charge on any atom is -0.497 e. The van der Waals surface area contributed by atoms with E-state index in [0.717, 1.165) is 49.1 Å². The van der Waals surface area contributed by atoms with E-state index in [-0.39, 0.29) is 5.91 Å². The van der Waals surface area contributed by atoms with Gasteiger partial charge in [-0.1, -0.05) is 18.2 Å². The van der Waals surface area contributed by atoms with Crippen LogP contribution in [-0.4, -0.2) is 44.1 Å². The van der Waals surface area contributed by atoms with Crippen LogP contribution in [0.15, 0.2) is 41.8 Å². The fourth-order valence-corrected chi connectivity index (χ4v) is 4.24. The Kier molecular flexibility index (Phi) is 7.09. The van der Waals surface area contributed by atoms with Crippen molar-refractivity contribution in [2.45, 2.75) is 25.7 Å². The van der Waals surface area contributed by atoms with Gasteiger partial charge >= 0.3 is 0 Å². The van der Waals surface area contributed by atoms with Gasteiger partial charge in [0.25, 0.3) is 0 Å². The summed E-state index contributed by atoms with van der Waals surface area (Å²) in [5.74, 6) is 1.81. The molecule has 3 rings (SSSR count). The lowest BCUT2D eigenvalue weighted by atomic mass is 9.90. The fourth-order valence-electron chi connectivity index (χ4n) is 3.53. The zero-order valence-electron chi connectivity index (χ0n) is 15.4. The van der Waals surface area contributed by atoms with Crippen LogP contribution in [0.25, 0.3) is 0 Å². The highest BCUT2D eigenvalue weighted by Gasteiger charge is 2.19. The summed E-state index contributed by atoms with van der Waals surface area (Å²) < 4.78 is 5.32. The molecule has 2 heterocycles. The first-order valence-corrected chi connectivity index (χ1v) is 10.3. The minimum absolute atomic E-state index is 0.125. The summed E-state index contributed by atoms with van der Waals surface area (Å²) in [7, 11) is 1.72. The van der Waals surface area contributed by atoms with Crippen molar-refractivity contribution in [3.8, 4) is 5.75 Å². The molecule has 1 N–H and O–H groups in total. The molecule has 0 bridgehead atoms. The maximum Gasteiger partial charge on any atom is 0.225 e. The summed E-state index contributed by atoms with van der Waals surface area (Å²) in [4.78, 5) is 15.5. The van der Waals surface area contributed by atoms with Crippen LogP contribution in [0.3, 0.4) is 0 Å². The SMILES string of the molecule is COc1cccc(CC2CCN(CCNC(=O)Cc3cccs3)CC2)c1. The van der Waals surface area contributed by atoms with Crippen LogP contribution in [0, 0.1) is 5.92 Å². The number of rotatable bonds is 8. The van der Waals surface area contributed by atoms with Crippen molar-refractivity contribution in [2.75, 3.05) is 33.3 Å². The predicted octanol–water partition coefficient (Wildman–Crippen LogP) is 3.37. The van der Waals surface area contributed by atoms with Crippen LogP contribution in [-0.2, 0) is 17.6 Å². The first-order valence-electron chi connectivity index (χ1n) is 9.37. The highest BCUT2D eigenvalue weighted by molar-refractivity contribution is 7.10. The molecule has 5 heteroatoms. The van der Waals surface area contributed by atoms with E-state index >= 15 is 0 Å². The van der Waals surface area contributed by atoms with Crippen molar-refractivity contribution in [1.82, 2.24) is 10.2 Å². The molecular formula is C21H28N2O2S. The summed E-state index contributed by atoms with van der Waals surface area (Å²) in [6.07, 6.45) is 4.07. The molecule has 0 aliphatic carbocycles. The average molecular weight is 373 g/mol. The van der Waals surface area contributed by atoms with Crippen molar-refractivity contribution >= 4 is 17.2 Å². The molecule has 0 unspecified atom stereocenters. The first-order chi connectivity index (χ1) is 12.7. The van der Waals surface area contributed by atoms with E-state index in [0.29, 0.717) is 6.42 Å². The third kappa shape index (κ3) is 5.85. The van der Waals surface area contributed by atoms with E-state index in [1.807, 2.05) is 23.6 Å². The zero-order chi connectivity index (χ0) is 18.2. The van der Waals surface area contributed by atoms with Gasteiger partial charge in [-0.25, -0.2) is 0 Å². The standard InChI is InChI=1S/C21H28N2O2S/c1-25-19-5-2-4-18(15-19)14-17-7-10-23(11-8-17)12-9-22-21(24)16-20-6-3-13-26-20/h2-6,13,15,17H,7-12,14,16H2,1H3,(H,22,24).